The van der Waals surface area contributed by atoms with Gasteiger partial charge in [-0.25, -0.2) is 22.9 Å². The number of pyridine rings is 1. The van der Waals surface area contributed by atoms with E-state index >= 15 is 0 Å². The van der Waals surface area contributed by atoms with Gasteiger partial charge >= 0.3 is 0 Å². The number of halogens is 1. The minimum Gasteiger partial charge on any atom is -0.304 e. The molecule has 0 aliphatic heterocycles. The van der Waals surface area contributed by atoms with Crippen LogP contribution in [0.5, 0.6) is 0 Å². The molecule has 0 aliphatic rings. The maximum Gasteiger partial charge on any atom is 0.296 e. The molecule has 174 valence electrons. The van der Waals surface area contributed by atoms with Crippen LogP contribution in [0.15, 0.2) is 83.9 Å². The maximum absolute atomic E-state index is 14.8. The smallest absolute Gasteiger partial charge is 0.296 e. The largest absolute Gasteiger partial charge is 0.304 e. The van der Waals surface area contributed by atoms with E-state index < -0.39 is 21.7 Å². The third-order valence-corrected chi connectivity index (χ3v) is 6.19. The van der Waals surface area contributed by atoms with Crippen LogP contribution < -0.4 is 10.5 Å². The zero-order chi connectivity index (χ0) is 24.6. The van der Waals surface area contributed by atoms with Crippen molar-refractivity contribution in [3.63, 3.8) is 0 Å². The van der Waals surface area contributed by atoms with Crippen molar-refractivity contribution in [3.8, 4) is 16.8 Å². The number of hydrogen-bond acceptors (Lipinski definition) is 7. The van der Waals surface area contributed by atoms with E-state index in [9.17, 15) is 17.6 Å². The zero-order valence-electron chi connectivity index (χ0n) is 17.8. The van der Waals surface area contributed by atoms with Crippen LogP contribution in [0.3, 0.4) is 0 Å². The van der Waals surface area contributed by atoms with Crippen molar-refractivity contribution in [3.05, 3.63) is 90.6 Å². The summed E-state index contributed by atoms with van der Waals surface area (Å²) < 4.78 is 39.5. The van der Waals surface area contributed by atoms with Crippen molar-refractivity contribution < 1.29 is 17.6 Å². The van der Waals surface area contributed by atoms with E-state index in [1.54, 1.807) is 42.5 Å². The van der Waals surface area contributed by atoms with Gasteiger partial charge in [0.2, 0.25) is 15.8 Å². The summed E-state index contributed by atoms with van der Waals surface area (Å²) in [7, 11) is -3.94. The van der Waals surface area contributed by atoms with Crippen molar-refractivity contribution >= 4 is 32.5 Å². The van der Waals surface area contributed by atoms with Crippen molar-refractivity contribution in [2.24, 2.45) is 5.14 Å². The first-order chi connectivity index (χ1) is 16.8. The number of benzene rings is 3. The number of primary sulfonamides is 1. The Bertz CT molecular complexity index is 1690. The Labute approximate surface area is 198 Å². The average Bonchev–Trinajstić information content (AvgIpc) is 3.33. The fourth-order valence-corrected chi connectivity index (χ4v) is 4.37. The van der Waals surface area contributed by atoms with Gasteiger partial charge in [-0.15, -0.1) is 5.10 Å². The molecule has 3 N–H and O–H groups in total. The molecule has 0 atom stereocenters. The van der Waals surface area contributed by atoms with E-state index in [2.05, 4.69) is 25.8 Å². The van der Waals surface area contributed by atoms with Gasteiger partial charge < -0.3 is 5.32 Å². The summed E-state index contributed by atoms with van der Waals surface area (Å²) in [5.74, 6) is -1.40. The lowest BCUT2D eigenvalue weighted by Gasteiger charge is -2.09. The summed E-state index contributed by atoms with van der Waals surface area (Å²) in [5.41, 5.74) is 0.869. The lowest BCUT2D eigenvalue weighted by atomic mass is 10.1. The molecule has 1 amide bonds. The second-order valence-corrected chi connectivity index (χ2v) is 9.02. The van der Waals surface area contributed by atoms with Gasteiger partial charge in [0.25, 0.3) is 5.91 Å². The van der Waals surface area contributed by atoms with Gasteiger partial charge in [-0.2, -0.15) is 4.68 Å². The molecule has 0 saturated carbocycles. The minimum atomic E-state index is -3.94. The van der Waals surface area contributed by atoms with E-state index in [0.29, 0.717) is 16.5 Å². The molecule has 12 heteroatoms. The molecule has 0 bridgehead atoms. The highest BCUT2D eigenvalue weighted by molar-refractivity contribution is 7.89. The third kappa shape index (κ3) is 4.35. The number of aromatic nitrogens is 5. The van der Waals surface area contributed by atoms with E-state index in [4.69, 9.17) is 5.14 Å². The number of amides is 1. The molecule has 3 aromatic carbocycles. The van der Waals surface area contributed by atoms with Crippen LogP contribution in [0.25, 0.3) is 27.6 Å². The summed E-state index contributed by atoms with van der Waals surface area (Å²) >= 11 is 0. The molecule has 0 fully saturated rings. The molecule has 5 aromatic rings. The fourth-order valence-electron chi connectivity index (χ4n) is 3.61. The van der Waals surface area contributed by atoms with Crippen LogP contribution in [-0.4, -0.2) is 39.5 Å². The Balaban J connectivity index is 1.42. The summed E-state index contributed by atoms with van der Waals surface area (Å²) in [6.07, 6.45) is 1.39. The molecular formula is C23H16FN7O3S. The molecule has 2 aromatic heterocycles. The fraction of sp³-hybridized carbons (Fsp3) is 0. The number of nitrogens with zero attached hydrogens (tertiary/aromatic N) is 5. The first kappa shape index (κ1) is 22.3. The zero-order valence-corrected chi connectivity index (χ0v) is 18.6. The molecule has 0 spiro atoms. The Morgan fingerprint density at radius 3 is 2.40 bits per heavy atom. The number of hydrogen-bond donors (Lipinski definition) is 2. The monoisotopic (exact) mass is 489 g/mol. The molecule has 0 saturated heterocycles. The molecular weight excluding hydrogens is 473 g/mol. The van der Waals surface area contributed by atoms with Crippen LogP contribution in [0.2, 0.25) is 0 Å². The lowest BCUT2D eigenvalue weighted by molar-refractivity contribution is 0.101. The Morgan fingerprint density at radius 2 is 1.69 bits per heavy atom. The Hall–Kier alpha value is -4.55. The van der Waals surface area contributed by atoms with Crippen LogP contribution in [0.4, 0.5) is 10.2 Å². The maximum atomic E-state index is 14.8. The number of nitrogens with one attached hydrogen (secondary N) is 1. The lowest BCUT2D eigenvalue weighted by Crippen LogP contribution is -2.19. The van der Waals surface area contributed by atoms with Crippen molar-refractivity contribution in [2.75, 3.05) is 5.32 Å². The third-order valence-electron chi connectivity index (χ3n) is 5.23. The number of fused-ring (bicyclic) bond motifs is 1. The van der Waals surface area contributed by atoms with Gasteiger partial charge in [0.05, 0.1) is 4.90 Å². The highest BCUT2D eigenvalue weighted by Gasteiger charge is 2.21. The first-order valence-corrected chi connectivity index (χ1v) is 11.7. The van der Waals surface area contributed by atoms with Crippen LogP contribution >= 0.6 is 0 Å². The van der Waals surface area contributed by atoms with Gasteiger partial charge in [-0.05, 0) is 51.5 Å². The van der Waals surface area contributed by atoms with Crippen LogP contribution in [0, 0.1) is 5.82 Å². The number of carbonyl (C=O) groups is 1. The van der Waals surface area contributed by atoms with Gasteiger partial charge in [-0.1, -0.05) is 42.5 Å². The average molecular weight is 489 g/mol. The summed E-state index contributed by atoms with van der Waals surface area (Å²) in [6, 6.07) is 19.4. The van der Waals surface area contributed by atoms with E-state index in [-0.39, 0.29) is 22.2 Å². The standard InChI is InChI=1S/C23H16FN7O3S/c24-18-11-14-5-1-2-6-15(14)12-19(18)31-22(28-29-30-31)23(32)27-21-10-9-16(13-26-21)17-7-3-4-8-20(17)35(25,33)34/h1-13H,(H2,25,33,34)(H,26,27,32). The van der Waals surface area contributed by atoms with E-state index in [1.165, 1.54) is 24.4 Å². The van der Waals surface area contributed by atoms with Gasteiger partial charge in [0, 0.05) is 17.3 Å². The van der Waals surface area contributed by atoms with Gasteiger partial charge in [0.1, 0.15) is 17.3 Å². The Morgan fingerprint density at radius 1 is 0.971 bits per heavy atom. The van der Waals surface area contributed by atoms with Crippen molar-refractivity contribution in [1.29, 1.82) is 0 Å². The van der Waals surface area contributed by atoms with Crippen LogP contribution in [-0.2, 0) is 10.0 Å². The number of tetrazole rings is 1. The molecule has 35 heavy (non-hydrogen) atoms. The summed E-state index contributed by atoms with van der Waals surface area (Å²) in [6.45, 7) is 0. The summed E-state index contributed by atoms with van der Waals surface area (Å²) in [4.78, 5) is 17.0. The molecule has 0 radical (unpaired) electrons. The number of sulfonamides is 1. The van der Waals surface area contributed by atoms with Crippen molar-refractivity contribution in [1.82, 2.24) is 25.2 Å². The predicted octanol–water partition coefficient (Wildman–Crippen LogP) is 2.92. The minimum absolute atomic E-state index is 0.0155. The second-order valence-electron chi connectivity index (χ2n) is 7.49. The number of anilines is 1. The summed E-state index contributed by atoms with van der Waals surface area (Å²) in [5, 5.41) is 20.3. The van der Waals surface area contributed by atoms with Gasteiger partial charge in [0.15, 0.2) is 0 Å². The molecule has 2 heterocycles. The Kier molecular flexibility index (Phi) is 5.51. The molecule has 0 unspecified atom stereocenters. The topological polar surface area (TPSA) is 146 Å². The quantitative estimate of drug-likeness (QED) is 0.386. The van der Waals surface area contributed by atoms with Crippen LogP contribution in [0.1, 0.15) is 10.6 Å². The molecule has 5 rings (SSSR count). The van der Waals surface area contributed by atoms with Gasteiger partial charge in [-0.3, -0.25) is 4.79 Å². The second kappa shape index (κ2) is 8.66. The number of carbonyl (C=O) groups excluding carboxylic acids is 1. The number of nitrogens with two attached hydrogens (primary N) is 1. The first-order valence-electron chi connectivity index (χ1n) is 10.2. The normalized spacial score (nSPS) is 11.5. The van der Waals surface area contributed by atoms with E-state index in [0.717, 1.165) is 10.1 Å². The predicted molar refractivity (Wildman–Crippen MR) is 126 cm³/mol. The SMILES string of the molecule is NS(=O)(=O)c1ccccc1-c1ccc(NC(=O)c2nnnn2-c2cc3ccccc3cc2F)nc1. The molecule has 0 aliphatic carbocycles. The highest BCUT2D eigenvalue weighted by Crippen LogP contribution is 2.27. The van der Waals surface area contributed by atoms with Crippen molar-refractivity contribution in [2.45, 2.75) is 4.90 Å². The highest BCUT2D eigenvalue weighted by atomic mass is 32.2. The number of rotatable bonds is 5. The van der Waals surface area contributed by atoms with E-state index in [1.807, 2.05) is 12.1 Å². The molecule has 10 nitrogen and oxygen atoms in total.